The van der Waals surface area contributed by atoms with Crippen LogP contribution in [0.15, 0.2) is 127 Å². The highest BCUT2D eigenvalue weighted by molar-refractivity contribution is 5.68. The minimum atomic E-state index is -0.781. The third kappa shape index (κ3) is 12.8. The van der Waals surface area contributed by atoms with E-state index in [0.717, 1.165) is 51.4 Å². The molecule has 5 aromatic rings. The van der Waals surface area contributed by atoms with Gasteiger partial charge in [0.15, 0.2) is 0 Å². The van der Waals surface area contributed by atoms with Crippen LogP contribution in [-0.4, -0.2) is 17.4 Å². The quantitative estimate of drug-likeness (QED) is 0.123. The lowest BCUT2D eigenvalue weighted by molar-refractivity contribution is 0.150. The molecule has 2 aliphatic carbocycles. The molecule has 0 saturated heterocycles. The maximum atomic E-state index is 13.3. The van der Waals surface area contributed by atoms with Crippen molar-refractivity contribution in [2.24, 2.45) is 0 Å². The maximum Gasteiger partial charge on any atom is 0.519 e. The van der Waals surface area contributed by atoms with Crippen molar-refractivity contribution in [3.8, 4) is 28.7 Å². The number of hydrogen-bond acceptors (Lipinski definition) is 7. The third-order valence-corrected chi connectivity index (χ3v) is 13.6. The molecule has 2 fully saturated rings. The SMILES string of the molecule is O=C(Oc1ccccc1)Oc1ccc(C2(c3ccc(OC(=O)Oc4ccc(C5(c6ccc(O)cc6)CCCCCCCCCCC5)cc4)cc3)CCCCCCCCCCC2)cc1. The molecule has 5 aromatic carbocycles. The van der Waals surface area contributed by atoms with Crippen LogP contribution in [0.25, 0.3) is 0 Å². The van der Waals surface area contributed by atoms with E-state index in [9.17, 15) is 14.7 Å². The second-order valence-electron chi connectivity index (χ2n) is 17.9. The predicted molar refractivity (Wildman–Crippen MR) is 250 cm³/mol. The lowest BCUT2D eigenvalue weighted by atomic mass is 9.67. The first kappa shape index (κ1) is 45.5. The monoisotopic (exact) mass is 850 g/mol. The van der Waals surface area contributed by atoms with Crippen molar-refractivity contribution in [2.75, 3.05) is 0 Å². The average Bonchev–Trinajstić information content (AvgIpc) is 3.29. The Morgan fingerprint density at radius 2 is 0.556 bits per heavy atom. The standard InChI is InChI=1S/C56H66O7/c57-48-32-24-44(25-33-48)55(40-18-11-7-3-1-4-8-12-19-41-55)45-26-34-51(35-27-45)62-54(59)63-52-38-30-47(31-39-52)56(42-20-13-9-5-2-6-10-14-21-43-56)46-28-36-50(37-29-46)61-53(58)60-49-22-16-15-17-23-49/h15-17,22-39,57H,1-14,18-21,40-43H2. The summed E-state index contributed by atoms with van der Waals surface area (Å²) in [7, 11) is 0. The molecule has 7 rings (SSSR count). The van der Waals surface area contributed by atoms with Gasteiger partial charge in [-0.1, -0.05) is 182 Å². The number of benzene rings is 5. The van der Waals surface area contributed by atoms with Crippen LogP contribution in [0.2, 0.25) is 0 Å². The minimum Gasteiger partial charge on any atom is -0.508 e. The second-order valence-corrected chi connectivity index (χ2v) is 17.9. The first-order valence-electron chi connectivity index (χ1n) is 23.9. The zero-order chi connectivity index (χ0) is 43.6. The van der Waals surface area contributed by atoms with E-state index in [4.69, 9.17) is 18.9 Å². The topological polar surface area (TPSA) is 91.3 Å². The van der Waals surface area contributed by atoms with Crippen LogP contribution < -0.4 is 18.9 Å². The lowest BCUT2D eigenvalue weighted by Crippen LogP contribution is -2.28. The van der Waals surface area contributed by atoms with Crippen molar-refractivity contribution < 1.29 is 33.6 Å². The van der Waals surface area contributed by atoms with Gasteiger partial charge < -0.3 is 24.1 Å². The van der Waals surface area contributed by atoms with Gasteiger partial charge in [-0.2, -0.15) is 0 Å². The Balaban J connectivity index is 1.06. The highest BCUT2D eigenvalue weighted by Crippen LogP contribution is 2.45. The minimum absolute atomic E-state index is 0.190. The molecule has 0 atom stereocenters. The van der Waals surface area contributed by atoms with E-state index >= 15 is 0 Å². The fourth-order valence-electron chi connectivity index (χ4n) is 10.1. The van der Waals surface area contributed by atoms with Crippen LogP contribution in [0.5, 0.6) is 28.7 Å². The Bertz CT molecular complexity index is 2100. The number of rotatable bonds is 8. The van der Waals surface area contributed by atoms with Crippen molar-refractivity contribution >= 4 is 12.3 Å². The Kier molecular flexibility index (Phi) is 16.8. The van der Waals surface area contributed by atoms with E-state index in [1.807, 2.05) is 42.5 Å². The van der Waals surface area contributed by atoms with Gasteiger partial charge in [0.05, 0.1) is 0 Å². The Hall–Kier alpha value is -5.56. The van der Waals surface area contributed by atoms with Crippen molar-refractivity contribution in [3.05, 3.63) is 150 Å². The van der Waals surface area contributed by atoms with Crippen LogP contribution in [-0.2, 0) is 10.8 Å². The van der Waals surface area contributed by atoms with Crippen LogP contribution in [0.1, 0.15) is 164 Å². The molecule has 0 spiro atoms. The van der Waals surface area contributed by atoms with E-state index in [0.29, 0.717) is 23.0 Å². The fourth-order valence-corrected chi connectivity index (χ4v) is 10.1. The largest absolute Gasteiger partial charge is 0.519 e. The summed E-state index contributed by atoms with van der Waals surface area (Å²) >= 11 is 0. The molecular weight excluding hydrogens is 785 g/mol. The Morgan fingerprint density at radius 3 is 0.841 bits per heavy atom. The summed E-state index contributed by atoms with van der Waals surface area (Å²) in [6.07, 6.45) is 24.6. The number of ether oxygens (including phenoxy) is 4. The van der Waals surface area contributed by atoms with Gasteiger partial charge in [0.1, 0.15) is 28.7 Å². The molecule has 63 heavy (non-hydrogen) atoms. The predicted octanol–water partition coefficient (Wildman–Crippen LogP) is 15.7. The first-order valence-corrected chi connectivity index (χ1v) is 23.9. The van der Waals surface area contributed by atoms with E-state index < -0.39 is 12.3 Å². The van der Waals surface area contributed by atoms with Gasteiger partial charge in [0, 0.05) is 10.8 Å². The second kappa shape index (κ2) is 23.2. The van der Waals surface area contributed by atoms with E-state index in [-0.39, 0.29) is 16.6 Å². The summed E-state index contributed by atoms with van der Waals surface area (Å²) in [5, 5.41) is 10.2. The number of phenols is 1. The first-order chi connectivity index (χ1) is 30.9. The maximum absolute atomic E-state index is 13.3. The van der Waals surface area contributed by atoms with Crippen molar-refractivity contribution in [1.29, 1.82) is 0 Å². The van der Waals surface area contributed by atoms with Crippen molar-refractivity contribution in [1.82, 2.24) is 0 Å². The number of carbonyl (C=O) groups excluding carboxylic acids is 2. The molecule has 332 valence electrons. The number of phenolic OH excluding ortho intramolecular Hbond substituents is 1. The smallest absolute Gasteiger partial charge is 0.508 e. The van der Waals surface area contributed by atoms with E-state index in [1.54, 1.807) is 36.4 Å². The van der Waals surface area contributed by atoms with E-state index in [2.05, 4.69) is 48.5 Å². The summed E-state index contributed by atoms with van der Waals surface area (Å²) in [5.41, 5.74) is 4.30. The summed E-state index contributed by atoms with van der Waals surface area (Å²) in [6, 6.07) is 40.5. The molecule has 0 aromatic heterocycles. The summed E-state index contributed by atoms with van der Waals surface area (Å²) in [4.78, 5) is 25.9. The van der Waals surface area contributed by atoms with Crippen LogP contribution >= 0.6 is 0 Å². The number of aromatic hydroxyl groups is 1. The molecule has 0 amide bonds. The summed E-state index contributed by atoms with van der Waals surface area (Å²) < 4.78 is 22.5. The van der Waals surface area contributed by atoms with Gasteiger partial charge in [-0.25, -0.2) is 9.59 Å². The molecule has 7 nitrogen and oxygen atoms in total. The summed E-state index contributed by atoms with van der Waals surface area (Å²) in [6.45, 7) is 0. The van der Waals surface area contributed by atoms with Crippen LogP contribution in [0.3, 0.4) is 0 Å². The van der Waals surface area contributed by atoms with Gasteiger partial charge in [0.2, 0.25) is 0 Å². The molecule has 0 heterocycles. The van der Waals surface area contributed by atoms with Crippen LogP contribution in [0.4, 0.5) is 9.59 Å². The molecule has 2 saturated carbocycles. The molecule has 0 radical (unpaired) electrons. The molecule has 7 heteroatoms. The average molecular weight is 851 g/mol. The number of hydrogen-bond donors (Lipinski definition) is 1. The Labute approximate surface area is 375 Å². The zero-order valence-corrected chi connectivity index (χ0v) is 37.1. The van der Waals surface area contributed by atoms with Gasteiger partial charge in [-0.05, 0) is 109 Å². The molecule has 0 bridgehead atoms. The van der Waals surface area contributed by atoms with Gasteiger partial charge in [0.25, 0.3) is 0 Å². The highest BCUT2D eigenvalue weighted by atomic mass is 16.7. The molecule has 2 aliphatic rings. The molecule has 0 unspecified atom stereocenters. The van der Waals surface area contributed by atoms with Crippen LogP contribution in [0, 0.1) is 0 Å². The van der Waals surface area contributed by atoms with Gasteiger partial charge in [-0.15, -0.1) is 0 Å². The molecular formula is C56H66O7. The third-order valence-electron chi connectivity index (χ3n) is 13.6. The van der Waals surface area contributed by atoms with Crippen molar-refractivity contribution in [2.45, 2.75) is 152 Å². The number of para-hydroxylation sites is 1. The normalized spacial score (nSPS) is 17.8. The molecule has 0 aliphatic heterocycles. The van der Waals surface area contributed by atoms with Crippen molar-refractivity contribution in [3.63, 3.8) is 0 Å². The number of carbonyl (C=O) groups is 2. The van der Waals surface area contributed by atoms with Gasteiger partial charge in [-0.3, -0.25) is 0 Å². The summed E-state index contributed by atoms with van der Waals surface area (Å²) in [5.74, 6) is 1.98. The Morgan fingerprint density at radius 1 is 0.317 bits per heavy atom. The highest BCUT2D eigenvalue weighted by Gasteiger charge is 2.35. The van der Waals surface area contributed by atoms with E-state index in [1.165, 1.54) is 112 Å². The zero-order valence-electron chi connectivity index (χ0n) is 37.1. The lowest BCUT2D eigenvalue weighted by Gasteiger charge is -2.36. The molecule has 1 N–H and O–H groups in total. The van der Waals surface area contributed by atoms with Gasteiger partial charge >= 0.3 is 12.3 Å². The fraction of sp³-hybridized carbons (Fsp3) is 0.429.